The van der Waals surface area contributed by atoms with Crippen LogP contribution in [0, 0.1) is 6.92 Å². The van der Waals surface area contributed by atoms with E-state index in [4.69, 9.17) is 32.7 Å². The molecular weight excluding hydrogens is 297 g/mol. The summed E-state index contributed by atoms with van der Waals surface area (Å²) in [5.74, 6) is 1.80. The number of hydrogen-bond donors (Lipinski definition) is 0. The van der Waals surface area contributed by atoms with Crippen LogP contribution >= 0.6 is 23.2 Å². The van der Waals surface area contributed by atoms with Crippen molar-refractivity contribution in [2.75, 3.05) is 7.11 Å². The molecule has 0 aliphatic heterocycles. The van der Waals surface area contributed by atoms with E-state index in [1.165, 1.54) is 0 Å². The number of aromatic nitrogens is 1. The molecule has 0 unspecified atom stereocenters. The Hall–Kier alpha value is -1.45. The van der Waals surface area contributed by atoms with Crippen molar-refractivity contribution in [3.63, 3.8) is 0 Å². The number of hydrogen-bond acceptors (Lipinski definition) is 3. The number of benzene rings is 1. The molecule has 0 atom stereocenters. The van der Waals surface area contributed by atoms with Crippen molar-refractivity contribution >= 4 is 23.2 Å². The minimum Gasteiger partial charge on any atom is -0.497 e. The minimum atomic E-state index is 0.331. The lowest BCUT2D eigenvalue weighted by molar-refractivity contribution is 0.300. The lowest BCUT2D eigenvalue weighted by Crippen LogP contribution is -2.01. The highest BCUT2D eigenvalue weighted by molar-refractivity contribution is 6.32. The fraction of sp³-hybridized carbons (Fsp3) is 0.267. The summed E-state index contributed by atoms with van der Waals surface area (Å²) in [5, 5.41) is 0.544. The van der Waals surface area contributed by atoms with Gasteiger partial charge in [0.25, 0.3) is 0 Å². The van der Waals surface area contributed by atoms with Crippen LogP contribution in [0.25, 0.3) is 0 Å². The van der Waals surface area contributed by atoms with E-state index in [2.05, 4.69) is 4.98 Å². The van der Waals surface area contributed by atoms with Gasteiger partial charge in [0.15, 0.2) is 0 Å². The standard InChI is InChI=1S/C15H15Cl2NO2/c1-10-5-13(19-2)7-12(18-10)9-20-15-4-3-11(8-16)6-14(15)17/h3-7H,8-9H2,1-2H3. The van der Waals surface area contributed by atoms with Gasteiger partial charge in [0.05, 0.1) is 17.8 Å². The van der Waals surface area contributed by atoms with E-state index < -0.39 is 0 Å². The summed E-state index contributed by atoms with van der Waals surface area (Å²) in [6.07, 6.45) is 0. The van der Waals surface area contributed by atoms with Crippen LogP contribution in [-0.4, -0.2) is 12.1 Å². The number of aryl methyl sites for hydroxylation is 1. The average Bonchev–Trinajstić information content (AvgIpc) is 2.45. The summed E-state index contributed by atoms with van der Waals surface area (Å²) in [7, 11) is 1.63. The molecule has 1 aromatic carbocycles. The lowest BCUT2D eigenvalue weighted by Gasteiger charge is -2.10. The fourth-order valence-corrected chi connectivity index (χ4v) is 2.21. The number of methoxy groups -OCH3 is 1. The first-order valence-electron chi connectivity index (χ1n) is 6.11. The largest absolute Gasteiger partial charge is 0.497 e. The summed E-state index contributed by atoms with van der Waals surface area (Å²) >= 11 is 11.9. The Morgan fingerprint density at radius 1 is 1.20 bits per heavy atom. The molecule has 5 heteroatoms. The minimum absolute atomic E-state index is 0.331. The maximum absolute atomic E-state index is 6.14. The molecule has 20 heavy (non-hydrogen) atoms. The topological polar surface area (TPSA) is 31.4 Å². The Morgan fingerprint density at radius 2 is 2.00 bits per heavy atom. The zero-order valence-corrected chi connectivity index (χ0v) is 12.8. The predicted molar refractivity (Wildman–Crippen MR) is 80.9 cm³/mol. The van der Waals surface area contributed by atoms with Gasteiger partial charge in [-0.25, -0.2) is 0 Å². The van der Waals surface area contributed by atoms with Crippen molar-refractivity contribution < 1.29 is 9.47 Å². The number of ether oxygens (including phenoxy) is 2. The number of halogens is 2. The van der Waals surface area contributed by atoms with Crippen molar-refractivity contribution in [3.8, 4) is 11.5 Å². The Bertz CT molecular complexity index is 602. The van der Waals surface area contributed by atoms with Crippen LogP contribution in [0.5, 0.6) is 11.5 Å². The number of nitrogens with zero attached hydrogens (tertiary/aromatic N) is 1. The predicted octanol–water partition coefficient (Wildman–Crippen LogP) is 4.37. The van der Waals surface area contributed by atoms with Gasteiger partial charge in [0.1, 0.15) is 18.1 Å². The number of rotatable bonds is 5. The highest BCUT2D eigenvalue weighted by Gasteiger charge is 2.05. The number of pyridine rings is 1. The molecule has 0 amide bonds. The molecule has 0 saturated carbocycles. The Balaban J connectivity index is 2.10. The zero-order valence-electron chi connectivity index (χ0n) is 11.3. The third-order valence-corrected chi connectivity index (χ3v) is 3.35. The molecule has 2 rings (SSSR count). The molecule has 2 aromatic rings. The van der Waals surface area contributed by atoms with Gasteiger partial charge in [-0.3, -0.25) is 4.98 Å². The highest BCUT2D eigenvalue weighted by atomic mass is 35.5. The van der Waals surface area contributed by atoms with E-state index in [9.17, 15) is 0 Å². The molecule has 106 valence electrons. The molecule has 1 aromatic heterocycles. The van der Waals surface area contributed by atoms with E-state index in [-0.39, 0.29) is 0 Å². The molecule has 0 aliphatic rings. The van der Waals surface area contributed by atoms with E-state index in [1.807, 2.05) is 31.2 Å². The van der Waals surface area contributed by atoms with Gasteiger partial charge < -0.3 is 9.47 Å². The van der Waals surface area contributed by atoms with Gasteiger partial charge in [0, 0.05) is 23.7 Å². The first-order valence-corrected chi connectivity index (χ1v) is 7.02. The molecule has 0 aliphatic carbocycles. The normalized spacial score (nSPS) is 10.4. The van der Waals surface area contributed by atoms with Crippen molar-refractivity contribution in [2.24, 2.45) is 0 Å². The van der Waals surface area contributed by atoms with Crippen LogP contribution in [0.2, 0.25) is 5.02 Å². The highest BCUT2D eigenvalue weighted by Crippen LogP contribution is 2.27. The molecule has 0 bridgehead atoms. The van der Waals surface area contributed by atoms with Gasteiger partial charge in [0.2, 0.25) is 0 Å². The van der Waals surface area contributed by atoms with Gasteiger partial charge in [-0.1, -0.05) is 17.7 Å². The molecule has 0 spiro atoms. The van der Waals surface area contributed by atoms with Crippen molar-refractivity contribution in [3.05, 3.63) is 52.3 Å². The maximum atomic E-state index is 6.14. The van der Waals surface area contributed by atoms with Crippen LogP contribution in [-0.2, 0) is 12.5 Å². The summed E-state index contributed by atoms with van der Waals surface area (Å²) in [5.41, 5.74) is 2.63. The SMILES string of the molecule is COc1cc(C)nc(COc2ccc(CCl)cc2Cl)c1. The van der Waals surface area contributed by atoms with Gasteiger partial charge in [-0.05, 0) is 24.6 Å². The smallest absolute Gasteiger partial charge is 0.138 e. The molecule has 0 radical (unpaired) electrons. The molecular formula is C15H15Cl2NO2. The van der Waals surface area contributed by atoms with Crippen LogP contribution in [0.3, 0.4) is 0 Å². The Labute approximate surface area is 128 Å². The lowest BCUT2D eigenvalue weighted by atomic mass is 10.2. The summed E-state index contributed by atoms with van der Waals surface area (Å²) in [4.78, 5) is 4.39. The Kier molecular flexibility index (Phi) is 5.10. The molecule has 3 nitrogen and oxygen atoms in total. The van der Waals surface area contributed by atoms with Gasteiger partial charge in [-0.2, -0.15) is 0 Å². The van der Waals surface area contributed by atoms with E-state index >= 15 is 0 Å². The first kappa shape index (κ1) is 14.9. The summed E-state index contributed by atoms with van der Waals surface area (Å²) < 4.78 is 10.9. The number of alkyl halides is 1. The van der Waals surface area contributed by atoms with Gasteiger partial charge >= 0.3 is 0 Å². The van der Waals surface area contributed by atoms with E-state index in [1.54, 1.807) is 13.2 Å². The second kappa shape index (κ2) is 6.82. The third kappa shape index (κ3) is 3.78. The summed E-state index contributed by atoms with van der Waals surface area (Å²) in [6.45, 7) is 2.24. The molecule has 0 N–H and O–H groups in total. The first-order chi connectivity index (χ1) is 9.62. The van der Waals surface area contributed by atoms with Crippen molar-refractivity contribution in [1.29, 1.82) is 0 Å². The van der Waals surface area contributed by atoms with E-state index in [0.717, 1.165) is 22.7 Å². The summed E-state index contributed by atoms with van der Waals surface area (Å²) in [6, 6.07) is 9.21. The monoisotopic (exact) mass is 311 g/mol. The Morgan fingerprint density at radius 3 is 2.65 bits per heavy atom. The van der Waals surface area contributed by atoms with Crippen LogP contribution in [0.15, 0.2) is 30.3 Å². The average molecular weight is 312 g/mol. The van der Waals surface area contributed by atoms with Crippen LogP contribution in [0.1, 0.15) is 17.0 Å². The third-order valence-electron chi connectivity index (χ3n) is 2.74. The quantitative estimate of drug-likeness (QED) is 0.768. The fourth-order valence-electron chi connectivity index (χ4n) is 1.79. The van der Waals surface area contributed by atoms with Crippen molar-refractivity contribution in [1.82, 2.24) is 4.98 Å². The molecule has 0 fully saturated rings. The van der Waals surface area contributed by atoms with E-state index in [0.29, 0.717) is 23.3 Å². The maximum Gasteiger partial charge on any atom is 0.138 e. The zero-order chi connectivity index (χ0) is 14.5. The van der Waals surface area contributed by atoms with Crippen molar-refractivity contribution in [2.45, 2.75) is 19.4 Å². The van der Waals surface area contributed by atoms with Crippen LogP contribution < -0.4 is 9.47 Å². The second-order valence-corrected chi connectivity index (χ2v) is 5.00. The van der Waals surface area contributed by atoms with Crippen LogP contribution in [0.4, 0.5) is 0 Å². The van der Waals surface area contributed by atoms with Gasteiger partial charge in [-0.15, -0.1) is 11.6 Å². The molecule has 1 heterocycles. The molecule has 0 saturated heterocycles. The second-order valence-electron chi connectivity index (χ2n) is 4.33.